The molecule has 0 atom stereocenters. The van der Waals surface area contributed by atoms with E-state index in [-0.39, 0.29) is 11.6 Å². The normalized spacial score (nSPS) is 13.0. The van der Waals surface area contributed by atoms with Gasteiger partial charge in [-0.15, -0.1) is 0 Å². The number of alkyl halides is 5. The maximum absolute atomic E-state index is 12.6. The van der Waals surface area contributed by atoms with Gasteiger partial charge in [0, 0.05) is 6.20 Å². The number of carbonyl (C=O) groups excluding carboxylic acids is 1. The number of hydrogen-bond donors (Lipinski definition) is 0. The molecule has 0 aliphatic heterocycles. The van der Waals surface area contributed by atoms with Crippen LogP contribution in [0.4, 0.5) is 22.0 Å². The third kappa shape index (κ3) is 3.34. The van der Waals surface area contributed by atoms with Crippen molar-refractivity contribution in [1.82, 2.24) is 4.98 Å². The molecule has 1 aromatic rings. The Morgan fingerprint density at radius 3 is 2.39 bits per heavy atom. The summed E-state index contributed by atoms with van der Waals surface area (Å²) in [5, 5.41) is 0. The Morgan fingerprint density at radius 2 is 1.89 bits per heavy atom. The number of ketones is 1. The number of allylic oxidation sites excluding steroid dienone is 1. The second-order valence-corrected chi connectivity index (χ2v) is 3.99. The molecule has 0 aromatic carbocycles. The van der Waals surface area contributed by atoms with Crippen LogP contribution in [-0.4, -0.2) is 22.9 Å². The van der Waals surface area contributed by atoms with Gasteiger partial charge in [0.1, 0.15) is 4.60 Å². The van der Waals surface area contributed by atoms with E-state index in [4.69, 9.17) is 0 Å². The molecule has 18 heavy (non-hydrogen) atoms. The maximum Gasteiger partial charge on any atom is 0.461 e. The van der Waals surface area contributed by atoms with Crippen LogP contribution in [0.2, 0.25) is 0 Å². The quantitative estimate of drug-likeness (QED) is 0.481. The molecule has 0 amide bonds. The summed E-state index contributed by atoms with van der Waals surface area (Å²) >= 11 is 2.98. The lowest BCUT2D eigenvalue weighted by molar-refractivity contribution is -0.266. The highest BCUT2D eigenvalue weighted by Gasteiger charge is 2.62. The lowest BCUT2D eigenvalue weighted by Crippen LogP contribution is -2.43. The van der Waals surface area contributed by atoms with Gasteiger partial charge in [-0.1, -0.05) is 6.08 Å². The Bertz CT molecular complexity index is 483. The van der Waals surface area contributed by atoms with E-state index in [0.717, 1.165) is 6.08 Å². The Balaban J connectivity index is 2.89. The fraction of sp³-hybridized carbons (Fsp3) is 0.200. The molecule has 0 saturated carbocycles. The Morgan fingerprint density at radius 1 is 1.28 bits per heavy atom. The zero-order chi connectivity index (χ0) is 14.0. The van der Waals surface area contributed by atoms with Crippen LogP contribution in [0.25, 0.3) is 6.08 Å². The fourth-order valence-electron chi connectivity index (χ4n) is 0.937. The van der Waals surface area contributed by atoms with Crippen molar-refractivity contribution in [3.63, 3.8) is 0 Å². The maximum atomic E-state index is 12.6. The minimum Gasteiger partial charge on any atom is -0.288 e. The molecule has 98 valence electrons. The van der Waals surface area contributed by atoms with Crippen LogP contribution in [0.1, 0.15) is 5.56 Å². The first-order valence-corrected chi connectivity index (χ1v) is 5.22. The Hall–Kier alpha value is -1.31. The van der Waals surface area contributed by atoms with Crippen molar-refractivity contribution < 1.29 is 26.7 Å². The summed E-state index contributed by atoms with van der Waals surface area (Å²) in [6.07, 6.45) is -3.55. The average Bonchev–Trinajstić information content (AvgIpc) is 2.24. The first kappa shape index (κ1) is 14.7. The van der Waals surface area contributed by atoms with Crippen LogP contribution >= 0.6 is 15.9 Å². The number of carbonyl (C=O) groups is 1. The molecule has 0 bridgehead atoms. The number of halogens is 6. The predicted molar refractivity (Wildman–Crippen MR) is 57.0 cm³/mol. The van der Waals surface area contributed by atoms with E-state index in [9.17, 15) is 26.7 Å². The highest BCUT2D eigenvalue weighted by atomic mass is 79.9. The number of hydrogen-bond acceptors (Lipinski definition) is 2. The smallest absolute Gasteiger partial charge is 0.288 e. The highest BCUT2D eigenvalue weighted by molar-refractivity contribution is 9.10. The van der Waals surface area contributed by atoms with Gasteiger partial charge in [0.25, 0.3) is 0 Å². The molecule has 0 N–H and O–H groups in total. The minimum absolute atomic E-state index is 0.190. The molecule has 0 unspecified atom stereocenters. The highest BCUT2D eigenvalue weighted by Crippen LogP contribution is 2.36. The molecule has 2 nitrogen and oxygen atoms in total. The van der Waals surface area contributed by atoms with E-state index < -0.39 is 17.9 Å². The van der Waals surface area contributed by atoms with Gasteiger partial charge in [0.2, 0.25) is 5.78 Å². The predicted octanol–water partition coefficient (Wildman–Crippen LogP) is 3.62. The van der Waals surface area contributed by atoms with E-state index in [1.807, 2.05) is 0 Å². The molecule has 0 spiro atoms. The van der Waals surface area contributed by atoms with Gasteiger partial charge >= 0.3 is 12.1 Å². The van der Waals surface area contributed by atoms with Gasteiger partial charge in [0.05, 0.1) is 0 Å². The van der Waals surface area contributed by atoms with Crippen LogP contribution in [0.5, 0.6) is 0 Å². The number of aromatic nitrogens is 1. The van der Waals surface area contributed by atoms with Crippen LogP contribution in [0, 0.1) is 0 Å². The summed E-state index contributed by atoms with van der Waals surface area (Å²) in [7, 11) is 0. The Kier molecular flexibility index (Phi) is 4.20. The summed E-state index contributed by atoms with van der Waals surface area (Å²) in [5.74, 6) is -7.70. The molecular formula is C10H5BrF5NO. The van der Waals surface area contributed by atoms with Gasteiger partial charge in [-0.3, -0.25) is 4.79 Å². The van der Waals surface area contributed by atoms with Crippen LogP contribution in [-0.2, 0) is 4.79 Å². The summed E-state index contributed by atoms with van der Waals surface area (Å²) in [6.45, 7) is 0. The third-order valence-electron chi connectivity index (χ3n) is 1.84. The lowest BCUT2D eigenvalue weighted by Gasteiger charge is -2.15. The standard InChI is InChI=1S/C10H5BrF5NO/c11-8-5-6(3-4-17-8)1-2-7(18)9(12,13)10(14,15)16/h1-5H/b2-1+. The van der Waals surface area contributed by atoms with Crippen molar-refractivity contribution in [2.75, 3.05) is 0 Å². The SMILES string of the molecule is O=C(/C=C/c1ccnc(Br)c1)C(F)(F)C(F)(F)F. The molecule has 0 aliphatic rings. The van der Waals surface area contributed by atoms with Crippen molar-refractivity contribution in [1.29, 1.82) is 0 Å². The third-order valence-corrected chi connectivity index (χ3v) is 2.28. The van der Waals surface area contributed by atoms with Gasteiger partial charge in [-0.2, -0.15) is 22.0 Å². The molecular weight excluding hydrogens is 325 g/mol. The molecule has 1 aromatic heterocycles. The van der Waals surface area contributed by atoms with Crippen LogP contribution < -0.4 is 0 Å². The van der Waals surface area contributed by atoms with E-state index in [2.05, 4.69) is 20.9 Å². The van der Waals surface area contributed by atoms with E-state index in [1.165, 1.54) is 18.3 Å². The molecule has 1 heterocycles. The van der Waals surface area contributed by atoms with Crippen molar-refractivity contribution >= 4 is 27.8 Å². The monoisotopic (exact) mass is 329 g/mol. The summed E-state index contributed by atoms with van der Waals surface area (Å²) < 4.78 is 61.0. The average molecular weight is 330 g/mol. The molecule has 8 heteroatoms. The zero-order valence-corrected chi connectivity index (χ0v) is 10.1. The van der Waals surface area contributed by atoms with Gasteiger partial charge in [-0.05, 0) is 39.7 Å². The second kappa shape index (κ2) is 5.13. The minimum atomic E-state index is -5.90. The van der Waals surface area contributed by atoms with Crippen LogP contribution in [0.15, 0.2) is 29.0 Å². The summed E-state index contributed by atoms with van der Waals surface area (Å²) in [4.78, 5) is 14.5. The van der Waals surface area contributed by atoms with Crippen molar-refractivity contribution in [2.24, 2.45) is 0 Å². The number of pyridine rings is 1. The molecule has 0 saturated heterocycles. The first-order chi connectivity index (χ1) is 8.14. The van der Waals surface area contributed by atoms with Crippen molar-refractivity contribution in [3.8, 4) is 0 Å². The largest absolute Gasteiger partial charge is 0.461 e. The summed E-state index contributed by atoms with van der Waals surface area (Å²) in [6, 6.07) is 2.70. The zero-order valence-electron chi connectivity index (χ0n) is 8.51. The number of rotatable bonds is 3. The molecule has 1 rings (SSSR count). The topological polar surface area (TPSA) is 30.0 Å². The summed E-state index contributed by atoms with van der Waals surface area (Å²) in [5.41, 5.74) is 0.267. The molecule has 0 aliphatic carbocycles. The Labute approximate surface area is 107 Å². The van der Waals surface area contributed by atoms with Crippen molar-refractivity contribution in [3.05, 3.63) is 34.6 Å². The van der Waals surface area contributed by atoms with Gasteiger partial charge in [0.15, 0.2) is 0 Å². The lowest BCUT2D eigenvalue weighted by atomic mass is 10.1. The van der Waals surface area contributed by atoms with E-state index in [1.54, 1.807) is 0 Å². The number of nitrogens with zero attached hydrogens (tertiary/aromatic N) is 1. The first-order valence-electron chi connectivity index (χ1n) is 4.43. The van der Waals surface area contributed by atoms with E-state index in [0.29, 0.717) is 4.60 Å². The van der Waals surface area contributed by atoms with E-state index >= 15 is 0 Å². The fourth-order valence-corrected chi connectivity index (χ4v) is 1.32. The van der Waals surface area contributed by atoms with Crippen LogP contribution in [0.3, 0.4) is 0 Å². The second-order valence-electron chi connectivity index (χ2n) is 3.18. The van der Waals surface area contributed by atoms with Gasteiger partial charge < -0.3 is 0 Å². The van der Waals surface area contributed by atoms with Crippen molar-refractivity contribution in [2.45, 2.75) is 12.1 Å². The molecule has 0 fully saturated rings. The van der Waals surface area contributed by atoms with Gasteiger partial charge in [-0.25, -0.2) is 4.98 Å². The molecule has 0 radical (unpaired) electrons.